The first-order valence-electron chi connectivity index (χ1n) is 3.44. The summed E-state index contributed by atoms with van der Waals surface area (Å²) in [4.78, 5) is 21.4. The van der Waals surface area contributed by atoms with Crippen molar-refractivity contribution in [3.63, 3.8) is 0 Å². The van der Waals surface area contributed by atoms with Crippen LogP contribution in [0.4, 0.5) is 0 Å². The van der Waals surface area contributed by atoms with Gasteiger partial charge in [0.25, 0.3) is 5.56 Å². The van der Waals surface area contributed by atoms with Crippen molar-refractivity contribution >= 4 is 6.29 Å². The molecule has 0 bridgehead atoms. The first kappa shape index (κ1) is 7.72. The van der Waals surface area contributed by atoms with Crippen molar-refractivity contribution in [3.8, 4) is 0 Å². The Morgan fingerprint density at radius 3 is 2.73 bits per heavy atom. The van der Waals surface area contributed by atoms with Crippen LogP contribution >= 0.6 is 0 Å². The zero-order chi connectivity index (χ0) is 8.27. The summed E-state index contributed by atoms with van der Waals surface area (Å²) < 4.78 is 1.42. The van der Waals surface area contributed by atoms with Crippen molar-refractivity contribution in [3.05, 3.63) is 34.2 Å². The van der Waals surface area contributed by atoms with Gasteiger partial charge in [-0.25, -0.2) is 0 Å². The minimum Gasteiger partial charge on any atom is -0.306 e. The lowest BCUT2D eigenvalue weighted by Crippen LogP contribution is -2.20. The smallest absolute Gasteiger partial charge is 0.251 e. The molecule has 0 N–H and O–H groups in total. The highest BCUT2D eigenvalue weighted by Crippen LogP contribution is 1.90. The van der Waals surface area contributed by atoms with E-state index in [9.17, 15) is 9.59 Å². The van der Waals surface area contributed by atoms with Crippen molar-refractivity contribution < 1.29 is 4.79 Å². The summed E-state index contributed by atoms with van der Waals surface area (Å²) in [6, 6.07) is 4.65. The fourth-order valence-electron chi connectivity index (χ4n) is 0.978. The number of hydrogen-bond donors (Lipinski definition) is 0. The quantitative estimate of drug-likeness (QED) is 0.583. The second kappa shape index (κ2) is 3.14. The Bertz CT molecular complexity index is 314. The molecule has 11 heavy (non-hydrogen) atoms. The normalized spacial score (nSPS) is 9.55. The highest BCUT2D eigenvalue weighted by atomic mass is 16.1. The van der Waals surface area contributed by atoms with Crippen molar-refractivity contribution in [2.45, 2.75) is 13.5 Å². The summed E-state index contributed by atoms with van der Waals surface area (Å²) in [6.45, 7) is 2.36. The average molecular weight is 151 g/mol. The molecule has 1 aromatic heterocycles. The molecule has 0 radical (unpaired) electrons. The molecule has 58 valence electrons. The maximum atomic E-state index is 11.0. The van der Waals surface area contributed by atoms with Crippen LogP contribution in [-0.4, -0.2) is 10.9 Å². The first-order chi connectivity index (χ1) is 5.29. The Morgan fingerprint density at radius 1 is 1.55 bits per heavy atom. The van der Waals surface area contributed by atoms with Crippen LogP contribution in [0.3, 0.4) is 0 Å². The van der Waals surface area contributed by atoms with E-state index in [1.807, 2.05) is 6.92 Å². The van der Waals surface area contributed by atoms with Gasteiger partial charge in [-0.1, -0.05) is 6.07 Å². The van der Waals surface area contributed by atoms with Gasteiger partial charge in [0.05, 0.1) is 5.69 Å². The highest BCUT2D eigenvalue weighted by Gasteiger charge is 1.97. The molecular weight excluding hydrogens is 142 g/mol. The SMILES string of the molecule is CCn1c(C=O)cccc1=O. The van der Waals surface area contributed by atoms with E-state index in [-0.39, 0.29) is 5.56 Å². The number of aromatic nitrogens is 1. The predicted molar refractivity (Wildman–Crippen MR) is 41.8 cm³/mol. The minimum atomic E-state index is -0.128. The van der Waals surface area contributed by atoms with Crippen molar-refractivity contribution in [2.75, 3.05) is 0 Å². The Labute approximate surface area is 64.3 Å². The second-order valence-corrected chi connectivity index (χ2v) is 2.15. The molecule has 0 saturated heterocycles. The van der Waals surface area contributed by atoms with Gasteiger partial charge in [0.15, 0.2) is 6.29 Å². The third-order valence-corrected chi connectivity index (χ3v) is 1.52. The topological polar surface area (TPSA) is 39.1 Å². The number of carbonyl (C=O) groups is 1. The van der Waals surface area contributed by atoms with Gasteiger partial charge in [-0.3, -0.25) is 9.59 Å². The van der Waals surface area contributed by atoms with Gasteiger partial charge in [-0.15, -0.1) is 0 Å². The molecule has 0 aliphatic rings. The number of rotatable bonds is 2. The Hall–Kier alpha value is -1.38. The summed E-state index contributed by atoms with van der Waals surface area (Å²) >= 11 is 0. The van der Waals surface area contributed by atoms with E-state index >= 15 is 0 Å². The van der Waals surface area contributed by atoms with Crippen LogP contribution in [-0.2, 0) is 6.54 Å². The average Bonchev–Trinajstić information content (AvgIpc) is 2.04. The van der Waals surface area contributed by atoms with E-state index in [0.717, 1.165) is 0 Å². The van der Waals surface area contributed by atoms with Gasteiger partial charge in [0.1, 0.15) is 0 Å². The fraction of sp³-hybridized carbons (Fsp3) is 0.250. The Balaban J connectivity index is 3.36. The largest absolute Gasteiger partial charge is 0.306 e. The molecule has 3 nitrogen and oxygen atoms in total. The third kappa shape index (κ3) is 1.37. The number of nitrogens with zero attached hydrogens (tertiary/aromatic N) is 1. The van der Waals surface area contributed by atoms with Crippen molar-refractivity contribution in [2.24, 2.45) is 0 Å². The molecule has 0 saturated carbocycles. The minimum absolute atomic E-state index is 0.128. The molecule has 0 fully saturated rings. The summed E-state index contributed by atoms with van der Waals surface area (Å²) in [7, 11) is 0. The zero-order valence-electron chi connectivity index (χ0n) is 6.28. The van der Waals surface area contributed by atoms with Crippen LogP contribution in [0.2, 0.25) is 0 Å². The maximum Gasteiger partial charge on any atom is 0.251 e. The van der Waals surface area contributed by atoms with E-state index in [1.54, 1.807) is 12.1 Å². The van der Waals surface area contributed by atoms with Crippen LogP contribution in [0.25, 0.3) is 0 Å². The molecule has 0 aromatic carbocycles. The van der Waals surface area contributed by atoms with Crippen LogP contribution in [0.1, 0.15) is 17.4 Å². The number of hydrogen-bond acceptors (Lipinski definition) is 2. The summed E-state index contributed by atoms with van der Waals surface area (Å²) in [5, 5.41) is 0. The fourth-order valence-corrected chi connectivity index (χ4v) is 0.978. The monoisotopic (exact) mass is 151 g/mol. The van der Waals surface area contributed by atoms with Gasteiger partial charge in [0, 0.05) is 12.6 Å². The van der Waals surface area contributed by atoms with Crippen LogP contribution in [0.15, 0.2) is 23.0 Å². The van der Waals surface area contributed by atoms with Gasteiger partial charge in [0.2, 0.25) is 0 Å². The van der Waals surface area contributed by atoms with Gasteiger partial charge < -0.3 is 4.57 Å². The van der Waals surface area contributed by atoms with Crippen LogP contribution in [0.5, 0.6) is 0 Å². The standard InChI is InChI=1S/C8H9NO2/c1-2-9-7(6-10)4-3-5-8(9)11/h3-6H,2H2,1H3. The predicted octanol–water partition coefficient (Wildman–Crippen LogP) is 0.681. The molecule has 0 amide bonds. The number of carbonyl (C=O) groups excluding carboxylic acids is 1. The summed E-state index contributed by atoms with van der Waals surface area (Å²) in [5.74, 6) is 0. The lowest BCUT2D eigenvalue weighted by atomic mass is 10.3. The van der Waals surface area contributed by atoms with Crippen molar-refractivity contribution in [1.29, 1.82) is 0 Å². The lowest BCUT2D eigenvalue weighted by molar-refractivity contribution is 0.111. The zero-order valence-corrected chi connectivity index (χ0v) is 6.28. The molecule has 3 heteroatoms. The number of pyridine rings is 1. The molecule has 0 aliphatic heterocycles. The first-order valence-corrected chi connectivity index (χ1v) is 3.44. The molecule has 0 aliphatic carbocycles. The third-order valence-electron chi connectivity index (χ3n) is 1.52. The molecular formula is C8H9NO2. The van der Waals surface area contributed by atoms with E-state index in [1.165, 1.54) is 10.6 Å². The molecule has 1 aromatic rings. The molecule has 0 unspecified atom stereocenters. The van der Waals surface area contributed by atoms with Gasteiger partial charge in [-0.2, -0.15) is 0 Å². The Kier molecular flexibility index (Phi) is 2.21. The van der Waals surface area contributed by atoms with E-state index in [2.05, 4.69) is 0 Å². The van der Waals surface area contributed by atoms with Gasteiger partial charge >= 0.3 is 0 Å². The van der Waals surface area contributed by atoms with Crippen LogP contribution < -0.4 is 5.56 Å². The maximum absolute atomic E-state index is 11.0. The molecule has 0 spiro atoms. The van der Waals surface area contributed by atoms with Crippen LogP contribution in [0, 0.1) is 0 Å². The Morgan fingerprint density at radius 2 is 2.27 bits per heavy atom. The number of aldehydes is 1. The molecule has 1 rings (SSSR count). The van der Waals surface area contributed by atoms with E-state index in [0.29, 0.717) is 18.5 Å². The van der Waals surface area contributed by atoms with E-state index < -0.39 is 0 Å². The van der Waals surface area contributed by atoms with E-state index in [4.69, 9.17) is 0 Å². The summed E-state index contributed by atoms with van der Waals surface area (Å²) in [5.41, 5.74) is 0.303. The summed E-state index contributed by atoms with van der Waals surface area (Å²) in [6.07, 6.45) is 0.685. The van der Waals surface area contributed by atoms with Crippen molar-refractivity contribution in [1.82, 2.24) is 4.57 Å². The van der Waals surface area contributed by atoms with Gasteiger partial charge in [-0.05, 0) is 13.0 Å². The molecule has 1 heterocycles. The highest BCUT2D eigenvalue weighted by molar-refractivity contribution is 5.71. The lowest BCUT2D eigenvalue weighted by Gasteiger charge is -2.02. The second-order valence-electron chi connectivity index (χ2n) is 2.15. The molecule has 0 atom stereocenters.